The largest absolute Gasteiger partial charge is 0.469 e. The third kappa shape index (κ3) is 3.64. The summed E-state index contributed by atoms with van der Waals surface area (Å²) in [5.41, 5.74) is 0.257. The van der Waals surface area contributed by atoms with Crippen LogP contribution in [0.5, 0.6) is 0 Å². The summed E-state index contributed by atoms with van der Waals surface area (Å²) in [6.45, 7) is 2.41. The molecular weight excluding hydrogens is 332 g/mol. The summed E-state index contributed by atoms with van der Waals surface area (Å²) in [6.07, 6.45) is 7.86. The standard InChI is InChI=1S/C21H34O5/c1-21-9-8-15(22)11-14(21)5-6-16-17(12-20(24)26-3)13(4-7-18(16)21)10-19(23)25-2/h13-18,22H,4-12H2,1-3H3/t13-,14+,15-,16+,17-,18+,21+/m0/s1. The average molecular weight is 366 g/mol. The van der Waals surface area contributed by atoms with E-state index in [9.17, 15) is 14.7 Å². The second-order valence-electron chi connectivity index (χ2n) is 9.04. The van der Waals surface area contributed by atoms with E-state index in [4.69, 9.17) is 9.47 Å². The van der Waals surface area contributed by atoms with Gasteiger partial charge in [-0.1, -0.05) is 6.92 Å². The fraction of sp³-hybridized carbons (Fsp3) is 0.905. The first-order chi connectivity index (χ1) is 12.4. The molecule has 0 aromatic rings. The summed E-state index contributed by atoms with van der Waals surface area (Å²) in [7, 11) is 2.88. The molecule has 0 aromatic carbocycles. The fourth-order valence-corrected chi connectivity index (χ4v) is 6.58. The number of carbonyl (C=O) groups is 2. The van der Waals surface area contributed by atoms with E-state index in [0.29, 0.717) is 30.6 Å². The molecule has 0 radical (unpaired) electrons. The second kappa shape index (κ2) is 7.87. The molecule has 3 aliphatic rings. The minimum Gasteiger partial charge on any atom is -0.469 e. The van der Waals surface area contributed by atoms with Crippen molar-refractivity contribution in [1.29, 1.82) is 0 Å². The number of hydrogen-bond donors (Lipinski definition) is 1. The van der Waals surface area contributed by atoms with Crippen molar-refractivity contribution in [3.8, 4) is 0 Å². The summed E-state index contributed by atoms with van der Waals surface area (Å²) in [5, 5.41) is 10.1. The van der Waals surface area contributed by atoms with E-state index in [2.05, 4.69) is 6.92 Å². The van der Waals surface area contributed by atoms with Crippen LogP contribution in [0.15, 0.2) is 0 Å². The molecule has 5 heteroatoms. The molecule has 0 heterocycles. The maximum atomic E-state index is 12.1. The van der Waals surface area contributed by atoms with Gasteiger partial charge in [0.15, 0.2) is 0 Å². The molecule has 3 fully saturated rings. The average Bonchev–Trinajstić information content (AvgIpc) is 2.63. The van der Waals surface area contributed by atoms with Crippen LogP contribution >= 0.6 is 0 Å². The van der Waals surface area contributed by atoms with Crippen molar-refractivity contribution in [2.75, 3.05) is 14.2 Å². The number of ether oxygens (including phenoxy) is 2. The highest BCUT2D eigenvalue weighted by Crippen LogP contribution is 2.61. The van der Waals surface area contributed by atoms with Crippen molar-refractivity contribution < 1.29 is 24.2 Å². The number of aliphatic hydroxyl groups excluding tert-OH is 1. The Kier molecular flexibility index (Phi) is 5.95. The van der Waals surface area contributed by atoms with Gasteiger partial charge in [0.25, 0.3) is 0 Å². The molecule has 0 aromatic heterocycles. The molecule has 1 N–H and O–H groups in total. The molecule has 26 heavy (non-hydrogen) atoms. The van der Waals surface area contributed by atoms with Gasteiger partial charge in [-0.25, -0.2) is 0 Å². The molecule has 0 saturated heterocycles. The summed E-state index contributed by atoms with van der Waals surface area (Å²) < 4.78 is 9.87. The molecule has 148 valence electrons. The van der Waals surface area contributed by atoms with Crippen LogP contribution < -0.4 is 0 Å². The number of methoxy groups -OCH3 is 2. The lowest BCUT2D eigenvalue weighted by atomic mass is 9.46. The van der Waals surface area contributed by atoms with Gasteiger partial charge in [-0.3, -0.25) is 9.59 Å². The van der Waals surface area contributed by atoms with E-state index in [1.54, 1.807) is 0 Å². The van der Waals surface area contributed by atoms with Crippen molar-refractivity contribution in [3.05, 3.63) is 0 Å². The predicted molar refractivity (Wildman–Crippen MR) is 97.1 cm³/mol. The van der Waals surface area contributed by atoms with Crippen LogP contribution in [0.2, 0.25) is 0 Å². The molecule has 3 aliphatic carbocycles. The van der Waals surface area contributed by atoms with Gasteiger partial charge in [-0.2, -0.15) is 0 Å². The van der Waals surface area contributed by atoms with Gasteiger partial charge in [0.05, 0.1) is 20.3 Å². The highest BCUT2D eigenvalue weighted by atomic mass is 16.5. The quantitative estimate of drug-likeness (QED) is 0.773. The van der Waals surface area contributed by atoms with Crippen LogP contribution in [0.1, 0.15) is 64.7 Å². The lowest BCUT2D eigenvalue weighted by molar-refractivity contribution is -0.153. The molecule has 7 atom stereocenters. The van der Waals surface area contributed by atoms with Gasteiger partial charge in [0.1, 0.15) is 0 Å². The topological polar surface area (TPSA) is 72.8 Å². The van der Waals surface area contributed by atoms with Gasteiger partial charge in [-0.05, 0) is 80.0 Å². The molecule has 0 bridgehead atoms. The summed E-state index contributed by atoms with van der Waals surface area (Å²) in [5.74, 6) is 1.69. The van der Waals surface area contributed by atoms with Gasteiger partial charge >= 0.3 is 11.9 Å². The van der Waals surface area contributed by atoms with Gasteiger partial charge in [-0.15, -0.1) is 0 Å². The van der Waals surface area contributed by atoms with Crippen LogP contribution in [0, 0.1) is 35.0 Å². The zero-order valence-corrected chi connectivity index (χ0v) is 16.4. The van der Waals surface area contributed by atoms with Crippen molar-refractivity contribution in [2.24, 2.45) is 35.0 Å². The Morgan fingerprint density at radius 3 is 2.38 bits per heavy atom. The van der Waals surface area contributed by atoms with Crippen LogP contribution in [0.3, 0.4) is 0 Å². The molecule has 0 unspecified atom stereocenters. The van der Waals surface area contributed by atoms with Crippen LogP contribution in [-0.4, -0.2) is 37.4 Å². The zero-order valence-electron chi connectivity index (χ0n) is 16.4. The molecule has 3 saturated carbocycles. The van der Waals surface area contributed by atoms with Crippen molar-refractivity contribution in [3.63, 3.8) is 0 Å². The van der Waals surface area contributed by atoms with Crippen LogP contribution in [0.25, 0.3) is 0 Å². The number of aliphatic hydroxyl groups is 1. The Labute approximate surface area is 156 Å². The molecule has 0 aliphatic heterocycles. The lowest BCUT2D eigenvalue weighted by Crippen LogP contribution is -2.52. The van der Waals surface area contributed by atoms with Crippen LogP contribution in [0.4, 0.5) is 0 Å². The molecule has 0 spiro atoms. The first-order valence-electron chi connectivity index (χ1n) is 10.2. The van der Waals surface area contributed by atoms with E-state index in [1.807, 2.05) is 0 Å². The SMILES string of the molecule is COC(=O)C[C@@H]1CC[C@@H]2[C@H](CC[C@@H]3C[C@@H](O)CC[C@]32C)[C@H]1CC(=O)OC. The van der Waals surface area contributed by atoms with Crippen LogP contribution in [-0.2, 0) is 19.1 Å². The highest BCUT2D eigenvalue weighted by Gasteiger charge is 2.54. The number of carbonyl (C=O) groups excluding carboxylic acids is 2. The monoisotopic (exact) mass is 366 g/mol. The zero-order chi connectivity index (χ0) is 18.9. The fourth-order valence-electron chi connectivity index (χ4n) is 6.58. The number of rotatable bonds is 4. The van der Waals surface area contributed by atoms with E-state index in [0.717, 1.165) is 44.9 Å². The Morgan fingerprint density at radius 1 is 1.00 bits per heavy atom. The predicted octanol–water partition coefficient (Wildman–Crippen LogP) is 3.33. The second-order valence-corrected chi connectivity index (χ2v) is 9.04. The summed E-state index contributed by atoms with van der Waals surface area (Å²) in [4.78, 5) is 24.0. The van der Waals surface area contributed by atoms with Gasteiger partial charge in [0, 0.05) is 12.8 Å². The number of fused-ring (bicyclic) bond motifs is 3. The highest BCUT2D eigenvalue weighted by molar-refractivity contribution is 5.71. The summed E-state index contributed by atoms with van der Waals surface area (Å²) >= 11 is 0. The Balaban J connectivity index is 1.82. The minimum absolute atomic E-state index is 0.147. The third-order valence-electron chi connectivity index (χ3n) is 8.01. The van der Waals surface area contributed by atoms with Crippen molar-refractivity contribution in [2.45, 2.75) is 70.8 Å². The molecular formula is C21H34O5. The normalized spacial score (nSPS) is 42.3. The van der Waals surface area contributed by atoms with Gasteiger partial charge in [0.2, 0.25) is 0 Å². The number of hydrogen-bond acceptors (Lipinski definition) is 5. The Hall–Kier alpha value is -1.10. The van der Waals surface area contributed by atoms with E-state index in [-0.39, 0.29) is 35.3 Å². The minimum atomic E-state index is -0.177. The Bertz CT molecular complexity index is 532. The van der Waals surface area contributed by atoms with Gasteiger partial charge < -0.3 is 14.6 Å². The first-order valence-corrected chi connectivity index (χ1v) is 10.2. The maximum Gasteiger partial charge on any atom is 0.305 e. The molecule has 0 amide bonds. The Morgan fingerprint density at radius 2 is 1.69 bits per heavy atom. The maximum absolute atomic E-state index is 12.1. The smallest absolute Gasteiger partial charge is 0.305 e. The van der Waals surface area contributed by atoms with Crippen molar-refractivity contribution >= 4 is 11.9 Å². The first kappa shape index (κ1) is 19.7. The van der Waals surface area contributed by atoms with E-state index in [1.165, 1.54) is 14.2 Å². The van der Waals surface area contributed by atoms with Crippen molar-refractivity contribution in [1.82, 2.24) is 0 Å². The number of esters is 2. The van der Waals surface area contributed by atoms with E-state index >= 15 is 0 Å². The third-order valence-corrected chi connectivity index (χ3v) is 8.01. The van der Waals surface area contributed by atoms with E-state index < -0.39 is 0 Å². The molecule has 5 nitrogen and oxygen atoms in total. The molecule has 3 rings (SSSR count). The lowest BCUT2D eigenvalue weighted by Gasteiger charge is -2.59. The summed E-state index contributed by atoms with van der Waals surface area (Å²) in [6, 6.07) is 0.